The standard InChI is InChI=1S/C15H19N/c1-11-9-10-13-7-5-6-8-14(13)15(11)12(2)16(3)4/h5-10,12H,1-4H3. The lowest BCUT2D eigenvalue weighted by atomic mass is 9.94. The van der Waals surface area contributed by atoms with E-state index in [1.807, 2.05) is 0 Å². The van der Waals surface area contributed by atoms with Gasteiger partial charge in [0, 0.05) is 6.04 Å². The molecule has 0 heterocycles. The first-order chi connectivity index (χ1) is 7.61. The second-order valence-corrected chi connectivity index (χ2v) is 4.66. The maximum absolute atomic E-state index is 2.26. The van der Waals surface area contributed by atoms with Gasteiger partial charge >= 0.3 is 0 Å². The molecular weight excluding hydrogens is 194 g/mol. The fraction of sp³-hybridized carbons (Fsp3) is 0.333. The Morgan fingerprint density at radius 3 is 2.38 bits per heavy atom. The fourth-order valence-corrected chi connectivity index (χ4v) is 2.22. The number of hydrogen-bond donors (Lipinski definition) is 0. The SMILES string of the molecule is Cc1ccc2ccccc2c1C(C)N(C)C. The molecular formula is C15H19N. The summed E-state index contributed by atoms with van der Waals surface area (Å²) in [7, 11) is 4.26. The van der Waals surface area contributed by atoms with Gasteiger partial charge in [0.05, 0.1) is 0 Å². The zero-order valence-corrected chi connectivity index (χ0v) is 10.5. The predicted octanol–water partition coefficient (Wildman–Crippen LogP) is 3.77. The van der Waals surface area contributed by atoms with Crippen LogP contribution in [0.2, 0.25) is 0 Å². The summed E-state index contributed by atoms with van der Waals surface area (Å²) in [5, 5.41) is 2.71. The van der Waals surface area contributed by atoms with E-state index in [0.29, 0.717) is 6.04 Å². The predicted molar refractivity (Wildman–Crippen MR) is 70.8 cm³/mol. The monoisotopic (exact) mass is 213 g/mol. The molecule has 0 aliphatic carbocycles. The molecule has 2 aromatic carbocycles. The van der Waals surface area contributed by atoms with Crippen molar-refractivity contribution in [1.29, 1.82) is 0 Å². The highest BCUT2D eigenvalue weighted by atomic mass is 15.1. The number of nitrogens with zero attached hydrogens (tertiary/aromatic N) is 1. The molecule has 0 saturated carbocycles. The lowest BCUT2D eigenvalue weighted by Gasteiger charge is -2.23. The molecule has 2 aromatic rings. The van der Waals surface area contributed by atoms with Crippen LogP contribution in [0.3, 0.4) is 0 Å². The first-order valence-electron chi connectivity index (χ1n) is 5.76. The third kappa shape index (κ3) is 1.83. The first kappa shape index (κ1) is 11.2. The van der Waals surface area contributed by atoms with Crippen LogP contribution in [-0.2, 0) is 0 Å². The number of rotatable bonds is 2. The van der Waals surface area contributed by atoms with Gasteiger partial charge in [-0.05, 0) is 49.8 Å². The normalized spacial score (nSPS) is 13.3. The lowest BCUT2D eigenvalue weighted by molar-refractivity contribution is 0.322. The van der Waals surface area contributed by atoms with Crippen molar-refractivity contribution in [3.05, 3.63) is 47.5 Å². The van der Waals surface area contributed by atoms with Crippen molar-refractivity contribution in [2.24, 2.45) is 0 Å². The second kappa shape index (κ2) is 4.26. The Kier molecular flexibility index (Phi) is 2.97. The van der Waals surface area contributed by atoms with E-state index in [0.717, 1.165) is 0 Å². The highest BCUT2D eigenvalue weighted by molar-refractivity contribution is 5.87. The summed E-state index contributed by atoms with van der Waals surface area (Å²) in [6.45, 7) is 4.45. The van der Waals surface area contributed by atoms with Gasteiger partial charge in [0.1, 0.15) is 0 Å². The summed E-state index contributed by atoms with van der Waals surface area (Å²) in [4.78, 5) is 2.26. The topological polar surface area (TPSA) is 3.24 Å². The maximum atomic E-state index is 2.26. The van der Waals surface area contributed by atoms with Gasteiger partial charge in [-0.3, -0.25) is 0 Å². The third-order valence-corrected chi connectivity index (χ3v) is 3.38. The van der Waals surface area contributed by atoms with E-state index < -0.39 is 0 Å². The van der Waals surface area contributed by atoms with Crippen LogP contribution in [0.25, 0.3) is 10.8 Å². The van der Waals surface area contributed by atoms with Crippen LogP contribution < -0.4 is 0 Å². The second-order valence-electron chi connectivity index (χ2n) is 4.66. The quantitative estimate of drug-likeness (QED) is 0.734. The van der Waals surface area contributed by atoms with Gasteiger partial charge in [-0.25, -0.2) is 0 Å². The number of benzene rings is 2. The molecule has 0 aromatic heterocycles. The highest BCUT2D eigenvalue weighted by Gasteiger charge is 2.13. The largest absolute Gasteiger partial charge is 0.303 e. The minimum atomic E-state index is 0.450. The first-order valence-corrected chi connectivity index (χ1v) is 5.76. The van der Waals surface area contributed by atoms with Crippen LogP contribution in [0.5, 0.6) is 0 Å². The van der Waals surface area contributed by atoms with Crippen molar-refractivity contribution < 1.29 is 0 Å². The molecule has 0 amide bonds. The van der Waals surface area contributed by atoms with Gasteiger partial charge in [0.15, 0.2) is 0 Å². The molecule has 2 rings (SSSR count). The highest BCUT2D eigenvalue weighted by Crippen LogP contribution is 2.29. The van der Waals surface area contributed by atoms with Crippen LogP contribution in [0, 0.1) is 6.92 Å². The average Bonchev–Trinajstić information content (AvgIpc) is 2.28. The molecule has 0 radical (unpaired) electrons. The zero-order valence-electron chi connectivity index (χ0n) is 10.5. The maximum Gasteiger partial charge on any atom is 0.0322 e. The van der Waals surface area contributed by atoms with Gasteiger partial charge in [-0.2, -0.15) is 0 Å². The summed E-state index contributed by atoms with van der Waals surface area (Å²) >= 11 is 0. The Bertz CT molecular complexity index is 500. The summed E-state index contributed by atoms with van der Waals surface area (Å²) in [5.74, 6) is 0. The van der Waals surface area contributed by atoms with E-state index in [1.165, 1.54) is 21.9 Å². The van der Waals surface area contributed by atoms with E-state index in [4.69, 9.17) is 0 Å². The van der Waals surface area contributed by atoms with Crippen molar-refractivity contribution in [3.8, 4) is 0 Å². The summed E-state index contributed by atoms with van der Waals surface area (Å²) in [6.07, 6.45) is 0. The molecule has 0 spiro atoms. The molecule has 1 heteroatoms. The van der Waals surface area contributed by atoms with E-state index in [1.54, 1.807) is 0 Å². The van der Waals surface area contributed by atoms with Crippen molar-refractivity contribution in [3.63, 3.8) is 0 Å². The molecule has 0 saturated heterocycles. The molecule has 84 valence electrons. The van der Waals surface area contributed by atoms with Crippen LogP contribution in [-0.4, -0.2) is 19.0 Å². The van der Waals surface area contributed by atoms with Crippen molar-refractivity contribution in [2.45, 2.75) is 19.9 Å². The smallest absolute Gasteiger partial charge is 0.0322 e. The van der Waals surface area contributed by atoms with Crippen LogP contribution in [0.4, 0.5) is 0 Å². The lowest BCUT2D eigenvalue weighted by Crippen LogP contribution is -2.18. The van der Waals surface area contributed by atoms with Gasteiger partial charge in [0.25, 0.3) is 0 Å². The van der Waals surface area contributed by atoms with Gasteiger partial charge in [-0.15, -0.1) is 0 Å². The minimum absolute atomic E-state index is 0.450. The Labute approximate surface area is 97.7 Å². The number of hydrogen-bond acceptors (Lipinski definition) is 1. The molecule has 0 aliphatic heterocycles. The number of fused-ring (bicyclic) bond motifs is 1. The number of aryl methyl sites for hydroxylation is 1. The van der Waals surface area contributed by atoms with Crippen LogP contribution in [0.1, 0.15) is 24.1 Å². The minimum Gasteiger partial charge on any atom is -0.303 e. The van der Waals surface area contributed by atoms with E-state index in [9.17, 15) is 0 Å². The van der Waals surface area contributed by atoms with Crippen LogP contribution in [0.15, 0.2) is 36.4 Å². The van der Waals surface area contributed by atoms with Gasteiger partial charge < -0.3 is 4.90 Å². The van der Waals surface area contributed by atoms with Crippen molar-refractivity contribution in [2.75, 3.05) is 14.1 Å². The van der Waals surface area contributed by atoms with E-state index in [-0.39, 0.29) is 0 Å². The third-order valence-electron chi connectivity index (χ3n) is 3.38. The summed E-state index contributed by atoms with van der Waals surface area (Å²) in [6, 6.07) is 13.5. The molecule has 1 unspecified atom stereocenters. The van der Waals surface area contributed by atoms with E-state index >= 15 is 0 Å². The Hall–Kier alpha value is -1.34. The molecule has 0 aliphatic rings. The molecule has 1 nitrogen and oxygen atoms in total. The van der Waals surface area contributed by atoms with E-state index in [2.05, 4.69) is 69.2 Å². The summed E-state index contributed by atoms with van der Waals surface area (Å²) in [5.41, 5.74) is 2.82. The van der Waals surface area contributed by atoms with Crippen molar-refractivity contribution >= 4 is 10.8 Å². The van der Waals surface area contributed by atoms with Crippen molar-refractivity contribution in [1.82, 2.24) is 4.90 Å². The van der Waals surface area contributed by atoms with Gasteiger partial charge in [0.2, 0.25) is 0 Å². The van der Waals surface area contributed by atoms with Gasteiger partial charge in [-0.1, -0.05) is 36.4 Å². The zero-order chi connectivity index (χ0) is 11.7. The molecule has 0 bridgehead atoms. The molecule has 0 fully saturated rings. The fourth-order valence-electron chi connectivity index (χ4n) is 2.22. The Morgan fingerprint density at radius 1 is 1.00 bits per heavy atom. The molecule has 1 atom stereocenters. The van der Waals surface area contributed by atoms with Crippen LogP contribution >= 0.6 is 0 Å². The average molecular weight is 213 g/mol. The summed E-state index contributed by atoms with van der Waals surface area (Å²) < 4.78 is 0. The molecule has 16 heavy (non-hydrogen) atoms. The Morgan fingerprint density at radius 2 is 1.69 bits per heavy atom. The molecule has 0 N–H and O–H groups in total. The Balaban J connectivity index is 2.70.